The normalized spacial score (nSPS) is 15.5. The van der Waals surface area contributed by atoms with Gasteiger partial charge in [-0.25, -0.2) is 9.50 Å². The first-order valence-electron chi connectivity index (χ1n) is 8.08. The standard InChI is InChI=1S/C18H18N4O2/c23-18(21-16-5-6-17-19-12-20-22(17)11-16)15-3-1-13(2-4-15)14-7-9-24-10-8-14/h1-6,11-12,14H,7-10H2,(H,21,23). The van der Waals surface area contributed by atoms with Crippen LogP contribution in [0.3, 0.4) is 0 Å². The number of aromatic nitrogens is 3. The van der Waals surface area contributed by atoms with E-state index in [1.165, 1.54) is 11.9 Å². The molecule has 3 heterocycles. The summed E-state index contributed by atoms with van der Waals surface area (Å²) in [5.74, 6) is 0.401. The number of ether oxygens (including phenoxy) is 1. The lowest BCUT2D eigenvalue weighted by Gasteiger charge is -2.22. The van der Waals surface area contributed by atoms with Gasteiger partial charge in [0.1, 0.15) is 6.33 Å². The van der Waals surface area contributed by atoms with Gasteiger partial charge in [-0.2, -0.15) is 5.10 Å². The Morgan fingerprint density at radius 3 is 2.71 bits per heavy atom. The Labute approximate surface area is 139 Å². The predicted octanol–water partition coefficient (Wildman–Crippen LogP) is 2.88. The molecule has 0 spiro atoms. The first-order chi connectivity index (χ1) is 11.8. The highest BCUT2D eigenvalue weighted by Crippen LogP contribution is 2.27. The smallest absolute Gasteiger partial charge is 0.255 e. The zero-order valence-electron chi connectivity index (χ0n) is 13.2. The fourth-order valence-electron chi connectivity index (χ4n) is 3.03. The maximum atomic E-state index is 12.4. The van der Waals surface area contributed by atoms with Gasteiger partial charge < -0.3 is 10.1 Å². The number of nitrogens with zero attached hydrogens (tertiary/aromatic N) is 3. The van der Waals surface area contributed by atoms with E-state index in [-0.39, 0.29) is 5.91 Å². The second kappa shape index (κ2) is 6.41. The Kier molecular flexibility index (Phi) is 3.96. The number of fused-ring (bicyclic) bond motifs is 1. The molecule has 1 aromatic carbocycles. The molecule has 1 amide bonds. The van der Waals surface area contributed by atoms with Gasteiger partial charge in [-0.3, -0.25) is 4.79 Å². The Morgan fingerprint density at radius 1 is 1.12 bits per heavy atom. The number of benzene rings is 1. The molecule has 1 aliphatic rings. The first kappa shape index (κ1) is 14.8. The molecule has 2 aromatic heterocycles. The van der Waals surface area contributed by atoms with Gasteiger partial charge in [0.05, 0.1) is 11.9 Å². The average molecular weight is 322 g/mol. The Morgan fingerprint density at radius 2 is 1.92 bits per heavy atom. The van der Waals surface area contributed by atoms with Gasteiger partial charge in [0.25, 0.3) is 5.91 Å². The number of carbonyl (C=O) groups excluding carboxylic acids is 1. The molecule has 1 N–H and O–H groups in total. The van der Waals surface area contributed by atoms with E-state index in [4.69, 9.17) is 4.74 Å². The predicted molar refractivity (Wildman–Crippen MR) is 90.2 cm³/mol. The lowest BCUT2D eigenvalue weighted by atomic mass is 9.91. The minimum absolute atomic E-state index is 0.131. The Balaban J connectivity index is 1.47. The third kappa shape index (κ3) is 3.00. The summed E-state index contributed by atoms with van der Waals surface area (Å²) in [6.45, 7) is 1.63. The molecule has 6 nitrogen and oxygen atoms in total. The zero-order valence-corrected chi connectivity index (χ0v) is 13.2. The van der Waals surface area contributed by atoms with Gasteiger partial charge in [0.15, 0.2) is 5.65 Å². The van der Waals surface area contributed by atoms with Crippen LogP contribution in [0.4, 0.5) is 5.69 Å². The molecule has 6 heteroatoms. The fourth-order valence-corrected chi connectivity index (χ4v) is 3.03. The van der Waals surface area contributed by atoms with E-state index in [9.17, 15) is 4.79 Å². The molecule has 0 aliphatic carbocycles. The summed E-state index contributed by atoms with van der Waals surface area (Å²) < 4.78 is 7.03. The van der Waals surface area contributed by atoms with Crippen molar-refractivity contribution in [3.05, 3.63) is 60.0 Å². The van der Waals surface area contributed by atoms with Crippen molar-refractivity contribution in [1.29, 1.82) is 0 Å². The van der Waals surface area contributed by atoms with Gasteiger partial charge in [0, 0.05) is 18.8 Å². The molecule has 1 saturated heterocycles. The fraction of sp³-hybridized carbons (Fsp3) is 0.278. The first-order valence-corrected chi connectivity index (χ1v) is 8.08. The Bertz CT molecular complexity index is 851. The molecule has 3 aromatic rings. The van der Waals surface area contributed by atoms with Crippen LogP contribution in [0.2, 0.25) is 0 Å². The third-order valence-electron chi connectivity index (χ3n) is 4.40. The van der Waals surface area contributed by atoms with E-state index < -0.39 is 0 Å². The number of amides is 1. The largest absolute Gasteiger partial charge is 0.381 e. The number of carbonyl (C=O) groups is 1. The van der Waals surface area contributed by atoms with Gasteiger partial charge in [0.2, 0.25) is 0 Å². The van der Waals surface area contributed by atoms with Crippen molar-refractivity contribution in [1.82, 2.24) is 14.6 Å². The van der Waals surface area contributed by atoms with Crippen LogP contribution >= 0.6 is 0 Å². The summed E-state index contributed by atoms with van der Waals surface area (Å²) in [7, 11) is 0. The molecule has 0 saturated carbocycles. The van der Waals surface area contributed by atoms with E-state index in [1.807, 2.05) is 36.4 Å². The molecule has 122 valence electrons. The van der Waals surface area contributed by atoms with Crippen LogP contribution in [0.5, 0.6) is 0 Å². The highest BCUT2D eigenvalue weighted by Gasteiger charge is 2.16. The van der Waals surface area contributed by atoms with Crippen molar-refractivity contribution in [2.75, 3.05) is 18.5 Å². The van der Waals surface area contributed by atoms with Gasteiger partial charge in [-0.05, 0) is 48.6 Å². The highest BCUT2D eigenvalue weighted by atomic mass is 16.5. The molecule has 1 aliphatic heterocycles. The van der Waals surface area contributed by atoms with Crippen molar-refractivity contribution >= 4 is 17.2 Å². The topological polar surface area (TPSA) is 68.5 Å². The second-order valence-corrected chi connectivity index (χ2v) is 5.94. The van der Waals surface area contributed by atoms with Crippen LogP contribution < -0.4 is 5.32 Å². The van der Waals surface area contributed by atoms with Crippen LogP contribution in [0.1, 0.15) is 34.7 Å². The van der Waals surface area contributed by atoms with Crippen molar-refractivity contribution in [2.45, 2.75) is 18.8 Å². The molecule has 0 unspecified atom stereocenters. The second-order valence-electron chi connectivity index (χ2n) is 5.94. The van der Waals surface area contributed by atoms with Crippen LogP contribution in [0, 0.1) is 0 Å². The maximum Gasteiger partial charge on any atom is 0.255 e. The minimum atomic E-state index is -0.131. The van der Waals surface area contributed by atoms with Crippen molar-refractivity contribution in [3.8, 4) is 0 Å². The number of nitrogens with one attached hydrogen (secondary N) is 1. The molecule has 0 atom stereocenters. The lowest BCUT2D eigenvalue weighted by molar-refractivity contribution is 0.0853. The summed E-state index contributed by atoms with van der Waals surface area (Å²) in [5.41, 5.74) is 3.35. The van der Waals surface area contributed by atoms with Crippen LogP contribution in [0.15, 0.2) is 48.9 Å². The zero-order chi connectivity index (χ0) is 16.4. The summed E-state index contributed by atoms with van der Waals surface area (Å²) >= 11 is 0. The summed E-state index contributed by atoms with van der Waals surface area (Å²) in [5, 5.41) is 6.96. The van der Waals surface area contributed by atoms with Gasteiger partial charge in [-0.15, -0.1) is 0 Å². The Hall–Kier alpha value is -2.73. The number of anilines is 1. The van der Waals surface area contributed by atoms with Gasteiger partial charge >= 0.3 is 0 Å². The van der Waals surface area contributed by atoms with E-state index in [0.29, 0.717) is 17.2 Å². The van der Waals surface area contributed by atoms with Crippen LogP contribution in [-0.4, -0.2) is 33.7 Å². The summed E-state index contributed by atoms with van der Waals surface area (Å²) in [4.78, 5) is 16.5. The molecular weight excluding hydrogens is 304 g/mol. The van der Waals surface area contributed by atoms with E-state index in [0.717, 1.165) is 31.7 Å². The molecule has 0 radical (unpaired) electrons. The quantitative estimate of drug-likeness (QED) is 0.805. The van der Waals surface area contributed by atoms with E-state index >= 15 is 0 Å². The SMILES string of the molecule is O=C(Nc1ccc2ncnn2c1)c1ccc(C2CCOCC2)cc1. The van der Waals surface area contributed by atoms with E-state index in [1.54, 1.807) is 10.7 Å². The lowest BCUT2D eigenvalue weighted by Crippen LogP contribution is -2.15. The summed E-state index contributed by atoms with van der Waals surface area (Å²) in [6.07, 6.45) is 5.32. The molecular formula is C18H18N4O2. The van der Waals surface area contributed by atoms with Gasteiger partial charge in [-0.1, -0.05) is 12.1 Å². The van der Waals surface area contributed by atoms with E-state index in [2.05, 4.69) is 15.4 Å². The van der Waals surface area contributed by atoms with Crippen molar-refractivity contribution in [2.24, 2.45) is 0 Å². The van der Waals surface area contributed by atoms with Crippen LogP contribution in [-0.2, 0) is 4.74 Å². The highest BCUT2D eigenvalue weighted by molar-refractivity contribution is 6.04. The molecule has 0 bridgehead atoms. The number of rotatable bonds is 3. The molecule has 1 fully saturated rings. The van der Waals surface area contributed by atoms with Crippen LogP contribution in [0.25, 0.3) is 5.65 Å². The average Bonchev–Trinajstić information content (AvgIpc) is 3.10. The third-order valence-corrected chi connectivity index (χ3v) is 4.40. The molecule has 4 rings (SSSR count). The monoisotopic (exact) mass is 322 g/mol. The number of hydrogen-bond donors (Lipinski definition) is 1. The summed E-state index contributed by atoms with van der Waals surface area (Å²) in [6, 6.07) is 11.5. The van der Waals surface area contributed by atoms with Crippen molar-refractivity contribution in [3.63, 3.8) is 0 Å². The molecule has 24 heavy (non-hydrogen) atoms. The van der Waals surface area contributed by atoms with Crippen molar-refractivity contribution < 1.29 is 9.53 Å². The maximum absolute atomic E-state index is 12.4. The minimum Gasteiger partial charge on any atom is -0.381 e. The number of pyridine rings is 1. The number of hydrogen-bond acceptors (Lipinski definition) is 4.